The van der Waals surface area contributed by atoms with Crippen LogP contribution in [0.25, 0.3) is 10.2 Å². The first kappa shape index (κ1) is 12.9. The summed E-state index contributed by atoms with van der Waals surface area (Å²) in [5, 5.41) is 8.78. The molecule has 20 heavy (non-hydrogen) atoms. The number of fused-ring (bicyclic) bond motifs is 1. The van der Waals surface area contributed by atoms with Crippen LogP contribution >= 0.6 is 11.3 Å². The molecule has 0 spiro atoms. The van der Waals surface area contributed by atoms with Gasteiger partial charge in [-0.15, -0.1) is 11.3 Å². The van der Waals surface area contributed by atoms with E-state index in [1.165, 1.54) is 0 Å². The lowest BCUT2D eigenvalue weighted by atomic mass is 10.1. The standard InChI is InChI=1S/C15H13N3OS/c1-9-7-11(10(2)18-17-9)13(19)8-15-16-12-5-3-4-6-14(12)20-15/h3-7H,8H2,1-2H3. The summed E-state index contributed by atoms with van der Waals surface area (Å²) in [5.74, 6) is 0.0413. The predicted octanol–water partition coefficient (Wildman–Crippen LogP) is 3.13. The van der Waals surface area contributed by atoms with Crippen molar-refractivity contribution in [3.63, 3.8) is 0 Å². The van der Waals surface area contributed by atoms with Crippen molar-refractivity contribution in [1.82, 2.24) is 15.2 Å². The highest BCUT2D eigenvalue weighted by atomic mass is 32.1. The molecule has 5 heteroatoms. The molecule has 0 fully saturated rings. The summed E-state index contributed by atoms with van der Waals surface area (Å²) in [6.45, 7) is 3.64. The van der Waals surface area contributed by atoms with Crippen LogP contribution in [0.15, 0.2) is 30.3 Å². The second-order valence-corrected chi connectivity index (χ2v) is 5.78. The third kappa shape index (κ3) is 2.44. The van der Waals surface area contributed by atoms with Gasteiger partial charge in [0.1, 0.15) is 5.01 Å². The van der Waals surface area contributed by atoms with Crippen LogP contribution in [0.5, 0.6) is 0 Å². The Hall–Kier alpha value is -2.14. The Bertz CT molecular complexity index is 762. The lowest BCUT2D eigenvalue weighted by molar-refractivity contribution is 0.0991. The van der Waals surface area contributed by atoms with Crippen molar-refractivity contribution in [2.24, 2.45) is 0 Å². The van der Waals surface area contributed by atoms with Crippen LogP contribution in [0.1, 0.15) is 26.8 Å². The SMILES string of the molecule is Cc1cc(C(=O)Cc2nc3ccccc3s2)c(C)nn1. The van der Waals surface area contributed by atoms with Crippen molar-refractivity contribution < 1.29 is 4.79 Å². The second kappa shape index (κ2) is 5.09. The number of carbonyl (C=O) groups is 1. The molecular weight excluding hydrogens is 270 g/mol. The molecule has 0 atom stereocenters. The van der Waals surface area contributed by atoms with Crippen molar-refractivity contribution >= 4 is 27.3 Å². The van der Waals surface area contributed by atoms with Crippen LogP contribution in [-0.2, 0) is 6.42 Å². The quantitative estimate of drug-likeness (QED) is 0.693. The van der Waals surface area contributed by atoms with E-state index in [-0.39, 0.29) is 5.78 Å². The monoisotopic (exact) mass is 283 g/mol. The molecule has 0 amide bonds. The number of aryl methyl sites for hydroxylation is 2. The minimum atomic E-state index is 0.0413. The summed E-state index contributed by atoms with van der Waals surface area (Å²) in [7, 11) is 0. The van der Waals surface area contributed by atoms with Gasteiger partial charge in [0, 0.05) is 5.56 Å². The summed E-state index contributed by atoms with van der Waals surface area (Å²) >= 11 is 1.56. The Morgan fingerprint density at radius 2 is 2.00 bits per heavy atom. The molecule has 0 N–H and O–H groups in total. The number of nitrogens with zero attached hydrogens (tertiary/aromatic N) is 3. The van der Waals surface area contributed by atoms with Gasteiger partial charge in [0.2, 0.25) is 0 Å². The van der Waals surface area contributed by atoms with Gasteiger partial charge in [0.15, 0.2) is 5.78 Å². The summed E-state index contributed by atoms with van der Waals surface area (Å²) in [6.07, 6.45) is 0.311. The van der Waals surface area contributed by atoms with E-state index in [4.69, 9.17) is 0 Å². The number of para-hydroxylation sites is 1. The first-order chi connectivity index (χ1) is 9.63. The Morgan fingerprint density at radius 3 is 2.80 bits per heavy atom. The van der Waals surface area contributed by atoms with Crippen molar-refractivity contribution in [1.29, 1.82) is 0 Å². The third-order valence-corrected chi connectivity index (χ3v) is 4.09. The number of aromatic nitrogens is 3. The molecular formula is C15H13N3OS. The molecule has 1 aromatic carbocycles. The van der Waals surface area contributed by atoms with E-state index >= 15 is 0 Å². The number of hydrogen-bond acceptors (Lipinski definition) is 5. The highest BCUT2D eigenvalue weighted by Gasteiger charge is 2.14. The summed E-state index contributed by atoms with van der Waals surface area (Å²) < 4.78 is 1.11. The van der Waals surface area contributed by atoms with Gasteiger partial charge in [0.05, 0.1) is 28.0 Å². The van der Waals surface area contributed by atoms with E-state index in [1.54, 1.807) is 24.3 Å². The van der Waals surface area contributed by atoms with Crippen molar-refractivity contribution in [3.8, 4) is 0 Å². The molecule has 0 saturated carbocycles. The zero-order chi connectivity index (χ0) is 14.1. The van der Waals surface area contributed by atoms with E-state index in [0.29, 0.717) is 17.7 Å². The number of ketones is 1. The van der Waals surface area contributed by atoms with E-state index in [0.717, 1.165) is 20.9 Å². The molecule has 0 saturated heterocycles. The average Bonchev–Trinajstić information content (AvgIpc) is 2.83. The number of hydrogen-bond donors (Lipinski definition) is 0. The molecule has 2 heterocycles. The fourth-order valence-corrected chi connectivity index (χ4v) is 3.03. The molecule has 0 aliphatic carbocycles. The van der Waals surface area contributed by atoms with Gasteiger partial charge in [-0.25, -0.2) is 4.98 Å². The van der Waals surface area contributed by atoms with Gasteiger partial charge in [-0.3, -0.25) is 4.79 Å². The lowest BCUT2D eigenvalue weighted by Gasteiger charge is -2.02. The van der Waals surface area contributed by atoms with E-state index in [2.05, 4.69) is 15.2 Å². The smallest absolute Gasteiger partial charge is 0.171 e. The van der Waals surface area contributed by atoms with Crippen molar-refractivity contribution in [3.05, 3.63) is 52.3 Å². The van der Waals surface area contributed by atoms with Gasteiger partial charge in [-0.05, 0) is 32.0 Å². The topological polar surface area (TPSA) is 55.7 Å². The maximum Gasteiger partial charge on any atom is 0.171 e. The minimum Gasteiger partial charge on any atom is -0.294 e. The van der Waals surface area contributed by atoms with Gasteiger partial charge >= 0.3 is 0 Å². The molecule has 0 bridgehead atoms. The molecule has 100 valence electrons. The van der Waals surface area contributed by atoms with Crippen molar-refractivity contribution in [2.45, 2.75) is 20.3 Å². The number of Topliss-reactive ketones (excluding diaryl/α,β-unsaturated/α-hetero) is 1. The first-order valence-electron chi connectivity index (χ1n) is 6.32. The van der Waals surface area contributed by atoms with E-state index < -0.39 is 0 Å². The van der Waals surface area contributed by atoms with Gasteiger partial charge in [-0.1, -0.05) is 12.1 Å². The van der Waals surface area contributed by atoms with Crippen LogP contribution < -0.4 is 0 Å². The second-order valence-electron chi connectivity index (χ2n) is 4.66. The van der Waals surface area contributed by atoms with Crippen LogP contribution in [0.3, 0.4) is 0 Å². The molecule has 2 aromatic heterocycles. The summed E-state index contributed by atoms with van der Waals surface area (Å²) in [4.78, 5) is 16.9. The Balaban J connectivity index is 1.90. The largest absolute Gasteiger partial charge is 0.294 e. The lowest BCUT2D eigenvalue weighted by Crippen LogP contribution is -2.08. The van der Waals surface area contributed by atoms with Crippen molar-refractivity contribution in [2.75, 3.05) is 0 Å². The molecule has 0 aliphatic rings. The predicted molar refractivity (Wildman–Crippen MR) is 79.2 cm³/mol. The molecule has 4 nitrogen and oxygen atoms in total. The van der Waals surface area contributed by atoms with Gasteiger partial charge in [0.25, 0.3) is 0 Å². The number of thiazole rings is 1. The minimum absolute atomic E-state index is 0.0413. The van der Waals surface area contributed by atoms with E-state index in [9.17, 15) is 4.79 Å². The zero-order valence-corrected chi connectivity index (χ0v) is 12.1. The highest BCUT2D eigenvalue weighted by Crippen LogP contribution is 2.23. The Kier molecular flexibility index (Phi) is 3.28. The van der Waals surface area contributed by atoms with Crippen LogP contribution in [0.4, 0.5) is 0 Å². The zero-order valence-electron chi connectivity index (χ0n) is 11.3. The van der Waals surface area contributed by atoms with Crippen LogP contribution in [-0.4, -0.2) is 21.0 Å². The number of benzene rings is 1. The maximum atomic E-state index is 12.4. The molecule has 0 unspecified atom stereocenters. The maximum absolute atomic E-state index is 12.4. The summed E-state index contributed by atoms with van der Waals surface area (Å²) in [6, 6.07) is 9.70. The molecule has 0 aliphatic heterocycles. The fraction of sp³-hybridized carbons (Fsp3) is 0.200. The normalized spacial score (nSPS) is 10.9. The number of rotatable bonds is 3. The molecule has 3 aromatic rings. The van der Waals surface area contributed by atoms with Crippen LogP contribution in [0.2, 0.25) is 0 Å². The Labute approximate surface area is 120 Å². The highest BCUT2D eigenvalue weighted by molar-refractivity contribution is 7.18. The fourth-order valence-electron chi connectivity index (χ4n) is 2.06. The summed E-state index contributed by atoms with van der Waals surface area (Å²) in [5.41, 5.74) is 3.00. The first-order valence-corrected chi connectivity index (χ1v) is 7.14. The Morgan fingerprint density at radius 1 is 1.20 bits per heavy atom. The third-order valence-electron chi connectivity index (χ3n) is 3.05. The molecule has 3 rings (SSSR count). The van der Waals surface area contributed by atoms with Gasteiger partial charge < -0.3 is 0 Å². The average molecular weight is 283 g/mol. The number of carbonyl (C=O) groups excluding carboxylic acids is 1. The van der Waals surface area contributed by atoms with Gasteiger partial charge in [-0.2, -0.15) is 10.2 Å². The molecule has 0 radical (unpaired) electrons. The van der Waals surface area contributed by atoms with Crippen LogP contribution in [0, 0.1) is 13.8 Å². The van der Waals surface area contributed by atoms with E-state index in [1.807, 2.05) is 31.2 Å².